The van der Waals surface area contributed by atoms with Gasteiger partial charge in [0.25, 0.3) is 0 Å². The highest BCUT2D eigenvalue weighted by Gasteiger charge is 2.42. The van der Waals surface area contributed by atoms with Gasteiger partial charge in [-0.15, -0.1) is 0 Å². The lowest BCUT2D eigenvalue weighted by Gasteiger charge is -2.31. The van der Waals surface area contributed by atoms with Gasteiger partial charge in [0.15, 0.2) is 0 Å². The summed E-state index contributed by atoms with van der Waals surface area (Å²) in [6, 6.07) is 0. The van der Waals surface area contributed by atoms with Crippen LogP contribution in [-0.2, 0) is 4.74 Å². The summed E-state index contributed by atoms with van der Waals surface area (Å²) in [6.45, 7) is 7.37. The molecule has 58 valence electrons. The van der Waals surface area contributed by atoms with Crippen molar-refractivity contribution < 1.29 is 4.74 Å². The van der Waals surface area contributed by atoms with E-state index in [-0.39, 0.29) is 0 Å². The fourth-order valence-corrected chi connectivity index (χ4v) is 1.41. The van der Waals surface area contributed by atoms with Gasteiger partial charge in [0.2, 0.25) is 0 Å². The molecule has 1 unspecified atom stereocenters. The molecule has 1 N–H and O–H groups in total. The van der Waals surface area contributed by atoms with Crippen molar-refractivity contribution in [1.29, 1.82) is 0 Å². The molecule has 2 heterocycles. The number of hydrogen-bond donors (Lipinski definition) is 1. The second-order valence-electron chi connectivity index (χ2n) is 3.23. The maximum atomic E-state index is 5.25. The van der Waals surface area contributed by atoms with Crippen LogP contribution in [0.5, 0.6) is 0 Å². The minimum absolute atomic E-state index is 0.323. The Labute approximate surface area is 61.3 Å². The Morgan fingerprint density at radius 1 is 1.40 bits per heavy atom. The van der Waals surface area contributed by atoms with Crippen LogP contribution in [0.1, 0.15) is 6.92 Å². The lowest BCUT2D eigenvalue weighted by Crippen LogP contribution is -2.45. The van der Waals surface area contributed by atoms with Crippen LogP contribution in [0, 0.1) is 0 Å². The molecule has 2 fully saturated rings. The second kappa shape index (κ2) is 2.19. The van der Waals surface area contributed by atoms with Gasteiger partial charge in [-0.05, 0) is 6.92 Å². The number of ether oxygens (including phenoxy) is 1. The Balaban J connectivity index is 1.91. The normalized spacial score (nSPS) is 41.7. The van der Waals surface area contributed by atoms with Crippen molar-refractivity contribution in [3.63, 3.8) is 0 Å². The predicted octanol–water partition coefficient (Wildman–Crippen LogP) is -0.362. The van der Waals surface area contributed by atoms with Crippen molar-refractivity contribution in [3.8, 4) is 0 Å². The van der Waals surface area contributed by atoms with Gasteiger partial charge in [-0.1, -0.05) is 0 Å². The van der Waals surface area contributed by atoms with Crippen LogP contribution in [-0.4, -0.2) is 43.4 Å². The van der Waals surface area contributed by atoms with Gasteiger partial charge in [0.05, 0.1) is 18.9 Å². The molecular formula is C7H14N2O. The van der Waals surface area contributed by atoms with Crippen LogP contribution in [0.25, 0.3) is 0 Å². The number of rotatable bonds is 1. The quantitative estimate of drug-likeness (QED) is 0.508. The maximum Gasteiger partial charge on any atom is 0.0814 e. The molecule has 0 aliphatic carbocycles. The van der Waals surface area contributed by atoms with Crippen LogP contribution in [0.4, 0.5) is 0 Å². The number of hydrogen-bond acceptors (Lipinski definition) is 3. The van der Waals surface area contributed by atoms with Crippen molar-refractivity contribution in [2.45, 2.75) is 12.6 Å². The lowest BCUT2D eigenvalue weighted by molar-refractivity contribution is 0.0128. The summed E-state index contributed by atoms with van der Waals surface area (Å²) in [7, 11) is 0. The van der Waals surface area contributed by atoms with E-state index in [2.05, 4.69) is 17.1 Å². The first-order valence-corrected chi connectivity index (χ1v) is 3.89. The van der Waals surface area contributed by atoms with Gasteiger partial charge in [-0.25, -0.2) is 0 Å². The predicted molar refractivity (Wildman–Crippen MR) is 38.8 cm³/mol. The van der Waals surface area contributed by atoms with Gasteiger partial charge in [0.1, 0.15) is 0 Å². The standard InChI is InChI=1S/C7H14N2O/c1-7(6-8-7)9-2-4-10-5-3-9/h8H,2-6H2,1H3. The number of nitrogens with one attached hydrogen (secondary N) is 1. The van der Waals surface area contributed by atoms with Crippen molar-refractivity contribution in [2.75, 3.05) is 32.8 Å². The Hall–Kier alpha value is -0.120. The first kappa shape index (κ1) is 6.58. The third-order valence-electron chi connectivity index (χ3n) is 2.40. The lowest BCUT2D eigenvalue weighted by atomic mass is 10.3. The Bertz CT molecular complexity index is 128. The zero-order chi connectivity index (χ0) is 7.03. The topological polar surface area (TPSA) is 34.4 Å². The zero-order valence-corrected chi connectivity index (χ0v) is 6.39. The van der Waals surface area contributed by atoms with Crippen LogP contribution in [0.2, 0.25) is 0 Å². The largest absolute Gasteiger partial charge is 0.379 e. The van der Waals surface area contributed by atoms with Gasteiger partial charge in [0, 0.05) is 19.6 Å². The smallest absolute Gasteiger partial charge is 0.0814 e. The molecule has 0 bridgehead atoms. The minimum Gasteiger partial charge on any atom is -0.379 e. The van der Waals surface area contributed by atoms with E-state index in [4.69, 9.17) is 4.74 Å². The highest BCUT2D eigenvalue weighted by molar-refractivity contribution is 4.99. The van der Waals surface area contributed by atoms with Gasteiger partial charge in [-0.3, -0.25) is 10.2 Å². The molecule has 2 rings (SSSR count). The fourth-order valence-electron chi connectivity index (χ4n) is 1.41. The van der Waals surface area contributed by atoms with E-state index in [1.165, 1.54) is 0 Å². The van der Waals surface area contributed by atoms with E-state index in [0.29, 0.717) is 5.66 Å². The molecule has 0 radical (unpaired) electrons. The van der Waals surface area contributed by atoms with E-state index < -0.39 is 0 Å². The first-order chi connectivity index (χ1) is 4.81. The highest BCUT2D eigenvalue weighted by atomic mass is 16.5. The molecule has 2 saturated heterocycles. The molecule has 2 aliphatic heterocycles. The molecule has 3 heteroatoms. The molecule has 0 aromatic heterocycles. The summed E-state index contributed by atoms with van der Waals surface area (Å²) in [4.78, 5) is 2.45. The van der Waals surface area contributed by atoms with Crippen LogP contribution in [0.15, 0.2) is 0 Å². The minimum atomic E-state index is 0.323. The first-order valence-electron chi connectivity index (χ1n) is 3.89. The summed E-state index contributed by atoms with van der Waals surface area (Å²) in [5.41, 5.74) is 0.323. The fraction of sp³-hybridized carbons (Fsp3) is 1.00. The average Bonchev–Trinajstić information content (AvgIpc) is 2.72. The molecule has 0 aromatic rings. The zero-order valence-electron chi connectivity index (χ0n) is 6.39. The number of morpholine rings is 1. The summed E-state index contributed by atoms with van der Waals surface area (Å²) >= 11 is 0. The average molecular weight is 142 g/mol. The van der Waals surface area contributed by atoms with Gasteiger partial charge in [-0.2, -0.15) is 0 Å². The van der Waals surface area contributed by atoms with Crippen molar-refractivity contribution in [1.82, 2.24) is 10.2 Å². The third-order valence-corrected chi connectivity index (χ3v) is 2.40. The third kappa shape index (κ3) is 1.05. The molecule has 3 nitrogen and oxygen atoms in total. The van der Waals surface area contributed by atoms with E-state index in [1.54, 1.807) is 0 Å². The maximum absolute atomic E-state index is 5.25. The number of nitrogens with zero attached hydrogens (tertiary/aromatic N) is 1. The van der Waals surface area contributed by atoms with Crippen LogP contribution < -0.4 is 5.32 Å². The summed E-state index contributed by atoms with van der Waals surface area (Å²) in [5, 5.41) is 3.35. The molecule has 0 spiro atoms. The molecule has 0 saturated carbocycles. The van der Waals surface area contributed by atoms with Crippen LogP contribution >= 0.6 is 0 Å². The molecule has 1 atom stereocenters. The van der Waals surface area contributed by atoms with E-state index in [0.717, 1.165) is 32.8 Å². The Morgan fingerprint density at radius 3 is 2.50 bits per heavy atom. The van der Waals surface area contributed by atoms with Gasteiger partial charge < -0.3 is 4.74 Å². The second-order valence-corrected chi connectivity index (χ2v) is 3.23. The summed E-state index contributed by atoms with van der Waals surface area (Å²) in [6.07, 6.45) is 0. The molecule has 2 aliphatic rings. The SMILES string of the molecule is CC1(N2CCOCC2)CN1. The van der Waals surface area contributed by atoms with Crippen LogP contribution in [0.3, 0.4) is 0 Å². The molecule has 10 heavy (non-hydrogen) atoms. The monoisotopic (exact) mass is 142 g/mol. The van der Waals surface area contributed by atoms with Crippen molar-refractivity contribution >= 4 is 0 Å². The highest BCUT2D eigenvalue weighted by Crippen LogP contribution is 2.21. The Morgan fingerprint density at radius 2 is 2.00 bits per heavy atom. The molecular weight excluding hydrogens is 128 g/mol. The van der Waals surface area contributed by atoms with E-state index >= 15 is 0 Å². The molecule has 0 amide bonds. The summed E-state index contributed by atoms with van der Waals surface area (Å²) in [5.74, 6) is 0. The van der Waals surface area contributed by atoms with E-state index in [9.17, 15) is 0 Å². The van der Waals surface area contributed by atoms with Gasteiger partial charge >= 0.3 is 0 Å². The van der Waals surface area contributed by atoms with Crippen molar-refractivity contribution in [3.05, 3.63) is 0 Å². The van der Waals surface area contributed by atoms with Crippen molar-refractivity contribution in [2.24, 2.45) is 0 Å². The summed E-state index contributed by atoms with van der Waals surface area (Å²) < 4.78 is 5.25. The molecule has 0 aromatic carbocycles. The van der Waals surface area contributed by atoms with E-state index in [1.807, 2.05) is 0 Å². The Kier molecular flexibility index (Phi) is 1.44.